The van der Waals surface area contributed by atoms with E-state index in [0.29, 0.717) is 5.69 Å². The van der Waals surface area contributed by atoms with E-state index in [2.05, 4.69) is 15.1 Å². The number of fused-ring (bicyclic) bond motifs is 1. The Labute approximate surface area is 126 Å². The summed E-state index contributed by atoms with van der Waals surface area (Å²) in [5.74, 6) is -0.214. The Bertz CT molecular complexity index is 869. The van der Waals surface area contributed by atoms with Crippen molar-refractivity contribution in [3.63, 3.8) is 0 Å². The highest BCUT2D eigenvalue weighted by Crippen LogP contribution is 2.24. The van der Waals surface area contributed by atoms with E-state index in [1.807, 2.05) is 26.0 Å². The number of hydrogen-bond acceptors (Lipinski definition) is 4. The van der Waals surface area contributed by atoms with Gasteiger partial charge in [0.2, 0.25) is 5.78 Å². The van der Waals surface area contributed by atoms with E-state index < -0.39 is 0 Å². The predicted octanol–water partition coefficient (Wildman–Crippen LogP) is 2.86. The normalized spacial score (nSPS) is 11.0. The molecule has 1 aromatic carbocycles. The first-order valence-electron chi connectivity index (χ1n) is 6.43. The Hall–Kier alpha value is -2.27. The van der Waals surface area contributed by atoms with Crippen molar-refractivity contribution in [2.24, 2.45) is 7.05 Å². The predicted molar refractivity (Wildman–Crippen MR) is 80.7 cm³/mol. The number of carbonyl (C=O) groups is 1. The highest BCUT2D eigenvalue weighted by Gasteiger charge is 2.20. The van der Waals surface area contributed by atoms with Crippen molar-refractivity contribution < 1.29 is 4.79 Å². The molecule has 3 rings (SSSR count). The number of rotatable bonds is 2. The van der Waals surface area contributed by atoms with Crippen LogP contribution in [0.1, 0.15) is 27.3 Å². The number of ketones is 1. The van der Waals surface area contributed by atoms with Crippen molar-refractivity contribution in [3.8, 4) is 0 Å². The van der Waals surface area contributed by atoms with Gasteiger partial charge in [0, 0.05) is 18.5 Å². The highest BCUT2D eigenvalue weighted by atomic mass is 35.5. The van der Waals surface area contributed by atoms with Crippen LogP contribution in [-0.2, 0) is 7.05 Å². The van der Waals surface area contributed by atoms with Crippen molar-refractivity contribution in [2.75, 3.05) is 0 Å². The average molecular weight is 301 g/mol. The molecule has 2 heterocycles. The van der Waals surface area contributed by atoms with Crippen LogP contribution in [0.5, 0.6) is 0 Å². The van der Waals surface area contributed by atoms with Crippen LogP contribution in [0.2, 0.25) is 5.15 Å². The minimum atomic E-state index is -0.214. The summed E-state index contributed by atoms with van der Waals surface area (Å²) in [7, 11) is 1.75. The maximum atomic E-state index is 12.7. The number of aromatic nitrogens is 4. The molecule has 5 nitrogen and oxygen atoms in total. The van der Waals surface area contributed by atoms with Crippen LogP contribution in [0, 0.1) is 13.8 Å². The van der Waals surface area contributed by atoms with Gasteiger partial charge < -0.3 is 0 Å². The third-order valence-corrected chi connectivity index (χ3v) is 3.56. The van der Waals surface area contributed by atoms with Crippen molar-refractivity contribution in [3.05, 3.63) is 52.2 Å². The average Bonchev–Trinajstić information content (AvgIpc) is 2.74. The minimum absolute atomic E-state index is 0.214. The van der Waals surface area contributed by atoms with Crippen molar-refractivity contribution >= 4 is 28.3 Å². The monoisotopic (exact) mass is 300 g/mol. The topological polar surface area (TPSA) is 60.7 Å². The second-order valence-electron chi connectivity index (χ2n) is 5.01. The lowest BCUT2D eigenvalue weighted by Crippen LogP contribution is -2.10. The van der Waals surface area contributed by atoms with E-state index in [0.717, 1.165) is 22.0 Å². The fourth-order valence-electron chi connectivity index (χ4n) is 2.50. The van der Waals surface area contributed by atoms with Gasteiger partial charge in [0.05, 0.1) is 5.52 Å². The molecule has 0 atom stereocenters. The second-order valence-corrected chi connectivity index (χ2v) is 5.39. The molecule has 2 aromatic heterocycles. The summed E-state index contributed by atoms with van der Waals surface area (Å²) in [4.78, 5) is 20.5. The molecule has 0 amide bonds. The number of halogens is 1. The van der Waals surface area contributed by atoms with Gasteiger partial charge in [0.25, 0.3) is 0 Å². The summed E-state index contributed by atoms with van der Waals surface area (Å²) in [6.45, 7) is 3.98. The highest BCUT2D eigenvalue weighted by molar-refractivity contribution is 6.30. The Morgan fingerprint density at radius 2 is 1.95 bits per heavy atom. The first-order valence-corrected chi connectivity index (χ1v) is 6.81. The summed E-state index contributed by atoms with van der Waals surface area (Å²) in [6, 6.07) is 5.47. The molecule has 0 radical (unpaired) electrons. The Kier molecular flexibility index (Phi) is 3.22. The molecule has 3 aromatic rings. The molecule has 0 fully saturated rings. The third-order valence-electron chi connectivity index (χ3n) is 3.35. The molecular weight excluding hydrogens is 288 g/mol. The van der Waals surface area contributed by atoms with Crippen LogP contribution in [-0.4, -0.2) is 25.5 Å². The molecule has 0 bridgehead atoms. The molecule has 0 saturated heterocycles. The van der Waals surface area contributed by atoms with Crippen LogP contribution < -0.4 is 0 Å². The Morgan fingerprint density at radius 1 is 1.19 bits per heavy atom. The SMILES string of the molecule is Cc1cc(C)c2nn(C)c(C(=O)c3cc(Cl)ncn3)c2c1. The second kappa shape index (κ2) is 4.93. The van der Waals surface area contributed by atoms with Gasteiger partial charge in [-0.25, -0.2) is 9.97 Å². The summed E-state index contributed by atoms with van der Waals surface area (Å²) in [6.07, 6.45) is 1.28. The molecule has 0 spiro atoms. The Morgan fingerprint density at radius 3 is 2.67 bits per heavy atom. The van der Waals surface area contributed by atoms with Crippen LogP contribution >= 0.6 is 11.6 Å². The van der Waals surface area contributed by atoms with E-state index in [1.54, 1.807) is 11.7 Å². The molecular formula is C15H13ClN4O. The summed E-state index contributed by atoms with van der Waals surface area (Å²) in [5, 5.41) is 5.51. The lowest BCUT2D eigenvalue weighted by atomic mass is 10.0. The smallest absolute Gasteiger partial charge is 0.230 e. The van der Waals surface area contributed by atoms with E-state index in [4.69, 9.17) is 11.6 Å². The zero-order valence-electron chi connectivity index (χ0n) is 11.9. The van der Waals surface area contributed by atoms with Gasteiger partial charge in [0.15, 0.2) is 0 Å². The molecule has 0 unspecified atom stereocenters. The largest absolute Gasteiger partial charge is 0.285 e. The molecule has 0 saturated carbocycles. The maximum absolute atomic E-state index is 12.7. The van der Waals surface area contributed by atoms with Crippen LogP contribution in [0.25, 0.3) is 10.9 Å². The number of carbonyl (C=O) groups excluding carboxylic acids is 1. The van der Waals surface area contributed by atoms with Crippen molar-refractivity contribution in [1.82, 2.24) is 19.7 Å². The standard InChI is InChI=1S/C15H13ClN4O/c1-8-4-9(2)13-10(5-8)14(20(3)19-13)15(21)11-6-12(16)18-7-17-11/h4-7H,1-3H3. The van der Waals surface area contributed by atoms with Crippen LogP contribution in [0.4, 0.5) is 0 Å². The summed E-state index contributed by atoms with van der Waals surface area (Å²) < 4.78 is 1.59. The molecule has 0 aliphatic heterocycles. The molecule has 0 aliphatic carbocycles. The first-order chi connectivity index (χ1) is 9.97. The number of hydrogen-bond donors (Lipinski definition) is 0. The van der Waals surface area contributed by atoms with E-state index in [1.165, 1.54) is 12.4 Å². The van der Waals surface area contributed by atoms with Gasteiger partial charge in [-0.1, -0.05) is 23.2 Å². The molecule has 106 valence electrons. The van der Waals surface area contributed by atoms with Gasteiger partial charge in [-0.05, 0) is 25.5 Å². The fraction of sp³-hybridized carbons (Fsp3) is 0.200. The van der Waals surface area contributed by atoms with Gasteiger partial charge in [-0.3, -0.25) is 9.48 Å². The van der Waals surface area contributed by atoms with Crippen molar-refractivity contribution in [2.45, 2.75) is 13.8 Å². The summed E-state index contributed by atoms with van der Waals surface area (Å²) >= 11 is 5.83. The zero-order chi connectivity index (χ0) is 15.1. The maximum Gasteiger partial charge on any atom is 0.230 e. The third kappa shape index (κ3) is 2.29. The quantitative estimate of drug-likeness (QED) is 0.539. The van der Waals surface area contributed by atoms with Gasteiger partial charge in [-0.15, -0.1) is 0 Å². The Balaban J connectivity index is 2.25. The lowest BCUT2D eigenvalue weighted by Gasteiger charge is -2.02. The van der Waals surface area contributed by atoms with Crippen molar-refractivity contribution in [1.29, 1.82) is 0 Å². The minimum Gasteiger partial charge on any atom is -0.285 e. The molecule has 0 N–H and O–H groups in total. The van der Waals surface area contributed by atoms with Crippen LogP contribution in [0.3, 0.4) is 0 Å². The van der Waals surface area contributed by atoms with E-state index in [-0.39, 0.29) is 16.6 Å². The molecule has 0 aliphatic rings. The van der Waals surface area contributed by atoms with Gasteiger partial charge in [-0.2, -0.15) is 5.10 Å². The van der Waals surface area contributed by atoms with Gasteiger partial charge in [0.1, 0.15) is 22.9 Å². The zero-order valence-corrected chi connectivity index (χ0v) is 12.6. The van der Waals surface area contributed by atoms with E-state index >= 15 is 0 Å². The number of benzene rings is 1. The number of nitrogens with zero attached hydrogens (tertiary/aromatic N) is 4. The fourth-order valence-corrected chi connectivity index (χ4v) is 2.64. The number of aryl methyl sites for hydroxylation is 3. The first kappa shape index (κ1) is 13.7. The molecule has 21 heavy (non-hydrogen) atoms. The lowest BCUT2D eigenvalue weighted by molar-refractivity contribution is 0.102. The van der Waals surface area contributed by atoms with E-state index in [9.17, 15) is 4.79 Å². The summed E-state index contributed by atoms with van der Waals surface area (Å²) in [5.41, 5.74) is 3.72. The molecule has 6 heteroatoms. The van der Waals surface area contributed by atoms with Gasteiger partial charge >= 0.3 is 0 Å². The van der Waals surface area contributed by atoms with Crippen LogP contribution in [0.15, 0.2) is 24.5 Å².